The fourth-order valence-corrected chi connectivity index (χ4v) is 3.58. The average Bonchev–Trinajstić information content (AvgIpc) is 2.30. The van der Waals surface area contributed by atoms with Gasteiger partial charge in [0.15, 0.2) is 0 Å². The highest BCUT2D eigenvalue weighted by Crippen LogP contribution is 2.30. The Bertz CT molecular complexity index is 331. The molecule has 0 aromatic heterocycles. The van der Waals surface area contributed by atoms with E-state index in [9.17, 15) is 0 Å². The van der Waals surface area contributed by atoms with Crippen LogP contribution < -0.4 is 5.73 Å². The molecular formula is C14H21NS. The summed E-state index contributed by atoms with van der Waals surface area (Å²) >= 11 is 2.08. The van der Waals surface area contributed by atoms with Crippen molar-refractivity contribution in [2.45, 2.75) is 32.2 Å². The molecule has 1 fully saturated rings. The number of rotatable bonds is 3. The van der Waals surface area contributed by atoms with Crippen LogP contribution in [0, 0.1) is 12.8 Å². The van der Waals surface area contributed by atoms with Gasteiger partial charge in [0.2, 0.25) is 0 Å². The summed E-state index contributed by atoms with van der Waals surface area (Å²) in [5, 5.41) is 0. The number of nitrogens with two attached hydrogens (primary N) is 1. The topological polar surface area (TPSA) is 26.0 Å². The fourth-order valence-electron chi connectivity index (χ4n) is 2.38. The first-order valence-electron chi connectivity index (χ1n) is 6.15. The van der Waals surface area contributed by atoms with Crippen molar-refractivity contribution < 1.29 is 0 Å². The monoisotopic (exact) mass is 235 g/mol. The van der Waals surface area contributed by atoms with Crippen molar-refractivity contribution >= 4 is 11.8 Å². The first kappa shape index (κ1) is 12.0. The molecule has 2 heteroatoms. The maximum Gasteiger partial charge on any atom is 0.0297 e. The van der Waals surface area contributed by atoms with Gasteiger partial charge in [0.25, 0.3) is 0 Å². The van der Waals surface area contributed by atoms with Gasteiger partial charge < -0.3 is 5.73 Å². The third-order valence-corrected chi connectivity index (χ3v) is 4.45. The number of benzene rings is 1. The van der Waals surface area contributed by atoms with Crippen LogP contribution in [0.1, 0.15) is 36.4 Å². The molecule has 88 valence electrons. The average molecular weight is 235 g/mol. The van der Waals surface area contributed by atoms with Gasteiger partial charge in [-0.3, -0.25) is 0 Å². The highest BCUT2D eigenvalue weighted by molar-refractivity contribution is 7.99. The molecule has 1 aliphatic heterocycles. The summed E-state index contributed by atoms with van der Waals surface area (Å²) in [4.78, 5) is 0. The Morgan fingerprint density at radius 1 is 1.38 bits per heavy atom. The fraction of sp³-hybridized carbons (Fsp3) is 0.571. The van der Waals surface area contributed by atoms with Crippen molar-refractivity contribution in [3.05, 3.63) is 35.4 Å². The molecule has 1 nitrogen and oxygen atoms in total. The Labute approximate surface area is 103 Å². The van der Waals surface area contributed by atoms with E-state index < -0.39 is 0 Å². The Kier molecular flexibility index (Phi) is 4.30. The summed E-state index contributed by atoms with van der Waals surface area (Å²) in [6.45, 7) is 2.13. The number of aryl methyl sites for hydroxylation is 1. The van der Waals surface area contributed by atoms with Crippen molar-refractivity contribution in [2.24, 2.45) is 11.7 Å². The van der Waals surface area contributed by atoms with Crippen LogP contribution in [0.25, 0.3) is 0 Å². The smallest absolute Gasteiger partial charge is 0.0297 e. The predicted octanol–water partition coefficient (Wildman–Crippen LogP) is 3.53. The summed E-state index contributed by atoms with van der Waals surface area (Å²) < 4.78 is 0. The van der Waals surface area contributed by atoms with Gasteiger partial charge in [-0.25, -0.2) is 0 Å². The molecule has 1 aliphatic rings. The minimum absolute atomic E-state index is 0.230. The Balaban J connectivity index is 1.94. The summed E-state index contributed by atoms with van der Waals surface area (Å²) in [5.41, 5.74) is 8.90. The molecule has 1 aromatic carbocycles. The first-order valence-corrected chi connectivity index (χ1v) is 7.31. The normalized spacial score (nSPS) is 19.6. The Hall–Kier alpha value is -0.470. The lowest BCUT2D eigenvalue weighted by Crippen LogP contribution is -2.18. The second-order valence-electron chi connectivity index (χ2n) is 4.81. The first-order chi connectivity index (χ1) is 7.75. The molecule has 0 saturated carbocycles. The summed E-state index contributed by atoms with van der Waals surface area (Å²) in [6, 6.07) is 8.86. The third kappa shape index (κ3) is 3.26. The van der Waals surface area contributed by atoms with Crippen molar-refractivity contribution in [2.75, 3.05) is 11.5 Å². The Morgan fingerprint density at radius 2 is 2.12 bits per heavy atom. The molecule has 1 saturated heterocycles. The van der Waals surface area contributed by atoms with Crippen LogP contribution in [0.2, 0.25) is 0 Å². The standard InChI is InChI=1S/C14H21NS/c1-11-3-2-4-13(9-11)14(15)10-12-5-7-16-8-6-12/h2-4,9,12,14H,5-8,10,15H2,1H3. The molecule has 16 heavy (non-hydrogen) atoms. The van der Waals surface area contributed by atoms with E-state index in [1.165, 1.54) is 35.5 Å². The third-order valence-electron chi connectivity index (χ3n) is 3.40. The summed E-state index contributed by atoms with van der Waals surface area (Å²) in [7, 11) is 0. The predicted molar refractivity (Wildman–Crippen MR) is 72.8 cm³/mol. The molecule has 0 radical (unpaired) electrons. The maximum atomic E-state index is 6.29. The highest BCUT2D eigenvalue weighted by atomic mass is 32.2. The van der Waals surface area contributed by atoms with Gasteiger partial charge in [0, 0.05) is 6.04 Å². The van der Waals surface area contributed by atoms with Crippen LogP contribution in [-0.4, -0.2) is 11.5 Å². The van der Waals surface area contributed by atoms with E-state index in [1.807, 2.05) is 0 Å². The van der Waals surface area contributed by atoms with E-state index in [4.69, 9.17) is 5.73 Å². The molecule has 1 unspecified atom stereocenters. The van der Waals surface area contributed by atoms with Gasteiger partial charge in [0.05, 0.1) is 0 Å². The van der Waals surface area contributed by atoms with Crippen LogP contribution in [0.3, 0.4) is 0 Å². The summed E-state index contributed by atoms with van der Waals surface area (Å²) in [5.74, 6) is 3.49. The van der Waals surface area contributed by atoms with Crippen LogP contribution >= 0.6 is 11.8 Å². The molecule has 2 N–H and O–H groups in total. The molecule has 0 bridgehead atoms. The number of hydrogen-bond donors (Lipinski definition) is 1. The lowest BCUT2D eigenvalue weighted by atomic mass is 9.91. The lowest BCUT2D eigenvalue weighted by molar-refractivity contribution is 0.413. The molecule has 0 aliphatic carbocycles. The van der Waals surface area contributed by atoms with Gasteiger partial charge in [-0.1, -0.05) is 29.8 Å². The zero-order valence-corrected chi connectivity index (χ0v) is 10.8. The molecular weight excluding hydrogens is 214 g/mol. The molecule has 1 heterocycles. The van der Waals surface area contributed by atoms with Gasteiger partial charge in [-0.2, -0.15) is 11.8 Å². The van der Waals surface area contributed by atoms with E-state index in [2.05, 4.69) is 43.0 Å². The Morgan fingerprint density at radius 3 is 2.81 bits per heavy atom. The van der Waals surface area contributed by atoms with E-state index in [0.29, 0.717) is 0 Å². The van der Waals surface area contributed by atoms with E-state index in [0.717, 1.165) is 12.3 Å². The quantitative estimate of drug-likeness (QED) is 0.867. The van der Waals surface area contributed by atoms with Gasteiger partial charge in [0.1, 0.15) is 0 Å². The maximum absolute atomic E-state index is 6.29. The van der Waals surface area contributed by atoms with Gasteiger partial charge >= 0.3 is 0 Å². The summed E-state index contributed by atoms with van der Waals surface area (Å²) in [6.07, 6.45) is 3.86. The lowest BCUT2D eigenvalue weighted by Gasteiger charge is -2.24. The van der Waals surface area contributed by atoms with Crippen LogP contribution in [0.15, 0.2) is 24.3 Å². The second-order valence-corrected chi connectivity index (χ2v) is 6.04. The van der Waals surface area contributed by atoms with Crippen LogP contribution in [0.4, 0.5) is 0 Å². The molecule has 1 aromatic rings. The largest absolute Gasteiger partial charge is 0.324 e. The molecule has 0 amide bonds. The number of hydrogen-bond acceptors (Lipinski definition) is 2. The molecule has 2 rings (SSSR count). The zero-order valence-electron chi connectivity index (χ0n) is 9.99. The van der Waals surface area contributed by atoms with Crippen molar-refractivity contribution in [1.82, 2.24) is 0 Å². The second kappa shape index (κ2) is 5.74. The molecule has 0 spiro atoms. The van der Waals surface area contributed by atoms with Gasteiger partial charge in [-0.05, 0) is 49.2 Å². The SMILES string of the molecule is Cc1cccc(C(N)CC2CCSCC2)c1. The zero-order chi connectivity index (χ0) is 11.4. The minimum atomic E-state index is 0.230. The van der Waals surface area contributed by atoms with Crippen molar-refractivity contribution in [3.63, 3.8) is 0 Å². The van der Waals surface area contributed by atoms with Crippen LogP contribution in [0.5, 0.6) is 0 Å². The van der Waals surface area contributed by atoms with E-state index >= 15 is 0 Å². The van der Waals surface area contributed by atoms with Crippen molar-refractivity contribution in [1.29, 1.82) is 0 Å². The van der Waals surface area contributed by atoms with Crippen molar-refractivity contribution in [3.8, 4) is 0 Å². The molecule has 1 atom stereocenters. The van der Waals surface area contributed by atoms with E-state index in [1.54, 1.807) is 0 Å². The highest BCUT2D eigenvalue weighted by Gasteiger charge is 2.17. The van der Waals surface area contributed by atoms with E-state index in [-0.39, 0.29) is 6.04 Å². The van der Waals surface area contributed by atoms with Crippen LogP contribution in [-0.2, 0) is 0 Å². The minimum Gasteiger partial charge on any atom is -0.324 e. The van der Waals surface area contributed by atoms with Gasteiger partial charge in [-0.15, -0.1) is 0 Å². The number of thioether (sulfide) groups is 1.